The fraction of sp³-hybridized carbons (Fsp3) is 0.0435. The van der Waals surface area contributed by atoms with E-state index in [1.165, 1.54) is 10.8 Å². The van der Waals surface area contributed by atoms with Gasteiger partial charge in [-0.1, -0.05) is 24.3 Å². The van der Waals surface area contributed by atoms with Crippen molar-refractivity contribution in [3.05, 3.63) is 84.5 Å². The Balaban J connectivity index is 1.52. The molecule has 0 bridgehead atoms. The van der Waals surface area contributed by atoms with Gasteiger partial charge >= 0.3 is 0 Å². The minimum atomic E-state index is 0.131. The summed E-state index contributed by atoms with van der Waals surface area (Å²) in [6.07, 6.45) is 4.74. The Bertz CT molecular complexity index is 1730. The van der Waals surface area contributed by atoms with E-state index in [9.17, 15) is 0 Å². The van der Waals surface area contributed by atoms with Crippen LogP contribution in [0.5, 0.6) is 0 Å². The number of tetrazole rings is 1. The number of rotatable bonds is 5. The van der Waals surface area contributed by atoms with Crippen LogP contribution in [0.25, 0.3) is 44.5 Å². The van der Waals surface area contributed by atoms with Gasteiger partial charge in [0.15, 0.2) is 17.2 Å². The van der Waals surface area contributed by atoms with Crippen LogP contribution < -0.4 is 5.73 Å². The van der Waals surface area contributed by atoms with Gasteiger partial charge in [0.05, 0.1) is 23.5 Å². The summed E-state index contributed by atoms with van der Waals surface area (Å²) in [5.41, 5.74) is 10.3. The number of pyridine rings is 1. The third-order valence-corrected chi connectivity index (χ3v) is 5.36. The van der Waals surface area contributed by atoms with Crippen LogP contribution in [-0.2, 0) is 6.54 Å². The van der Waals surface area contributed by atoms with Crippen LogP contribution in [0.15, 0.2) is 67.3 Å². The van der Waals surface area contributed by atoms with Gasteiger partial charge in [0.25, 0.3) is 0 Å². The van der Waals surface area contributed by atoms with Crippen molar-refractivity contribution in [1.29, 1.82) is 0 Å². The second kappa shape index (κ2) is 8.61. The van der Waals surface area contributed by atoms with Crippen LogP contribution in [0.4, 0.5) is 11.6 Å². The van der Waals surface area contributed by atoms with Crippen LogP contribution in [0.3, 0.4) is 0 Å². The standard InChI is InChI=1S/C23H15N13/c1-25-15-6-4-5-14(11-15)20-19(16-8-10-26-13-28-16)22-29-18(32-36(22)23(24)30-20)12-35-21(31-33-34-35)17-7-2-3-9-27-17/h2-11,13H,12H2,(H2,24,30). The van der Waals surface area contributed by atoms with Crippen molar-refractivity contribution in [2.24, 2.45) is 0 Å². The molecule has 36 heavy (non-hydrogen) atoms. The molecule has 0 saturated carbocycles. The summed E-state index contributed by atoms with van der Waals surface area (Å²) in [5, 5.41) is 16.5. The van der Waals surface area contributed by atoms with Crippen LogP contribution in [0.2, 0.25) is 0 Å². The second-order valence-corrected chi connectivity index (χ2v) is 7.59. The maximum atomic E-state index is 7.38. The van der Waals surface area contributed by atoms with E-state index < -0.39 is 0 Å². The van der Waals surface area contributed by atoms with E-state index >= 15 is 0 Å². The summed E-state index contributed by atoms with van der Waals surface area (Å²) in [6.45, 7) is 7.55. The molecule has 2 N–H and O–H groups in total. The molecular weight excluding hydrogens is 458 g/mol. The zero-order valence-corrected chi connectivity index (χ0v) is 18.5. The highest BCUT2D eigenvalue weighted by Crippen LogP contribution is 2.35. The molecule has 0 fully saturated rings. The van der Waals surface area contributed by atoms with Crippen molar-refractivity contribution in [1.82, 2.24) is 54.7 Å². The van der Waals surface area contributed by atoms with E-state index in [2.05, 4.69) is 45.4 Å². The predicted octanol–water partition coefficient (Wildman–Crippen LogP) is 2.48. The molecule has 0 saturated heterocycles. The monoisotopic (exact) mass is 473 g/mol. The van der Waals surface area contributed by atoms with Crippen molar-refractivity contribution in [3.63, 3.8) is 0 Å². The van der Waals surface area contributed by atoms with Gasteiger partial charge < -0.3 is 5.73 Å². The molecule has 172 valence electrons. The van der Waals surface area contributed by atoms with E-state index in [1.807, 2.05) is 24.3 Å². The van der Waals surface area contributed by atoms with Gasteiger partial charge in [0.2, 0.25) is 11.8 Å². The summed E-state index contributed by atoms with van der Waals surface area (Å²) < 4.78 is 3.02. The number of nitrogen functional groups attached to an aromatic ring is 1. The Hall–Kier alpha value is -5.64. The summed E-state index contributed by atoms with van der Waals surface area (Å²) >= 11 is 0. The molecule has 0 aliphatic rings. The van der Waals surface area contributed by atoms with E-state index in [4.69, 9.17) is 17.3 Å². The fourth-order valence-electron chi connectivity index (χ4n) is 3.80. The number of hydrogen-bond acceptors (Lipinski definition) is 10. The lowest BCUT2D eigenvalue weighted by Crippen LogP contribution is -2.08. The fourth-order valence-corrected chi connectivity index (χ4v) is 3.80. The molecule has 0 amide bonds. The third-order valence-electron chi connectivity index (χ3n) is 5.36. The van der Waals surface area contributed by atoms with Crippen LogP contribution in [-0.4, -0.2) is 54.7 Å². The highest BCUT2D eigenvalue weighted by Gasteiger charge is 2.22. The number of anilines is 1. The molecule has 5 aromatic heterocycles. The lowest BCUT2D eigenvalue weighted by Gasteiger charge is -2.11. The van der Waals surface area contributed by atoms with E-state index in [0.717, 1.165) is 0 Å². The Labute approximate surface area is 203 Å². The summed E-state index contributed by atoms with van der Waals surface area (Å²) in [6, 6.07) is 14.4. The normalized spacial score (nSPS) is 11.0. The molecule has 6 aromatic rings. The maximum Gasteiger partial charge on any atom is 0.223 e. The zero-order valence-electron chi connectivity index (χ0n) is 18.5. The first-order valence-corrected chi connectivity index (χ1v) is 10.7. The SMILES string of the molecule is [C-]#[N+]c1cccc(-c2nc(N)n3nc(Cn4nnnc4-c4ccccn4)nc3c2-c2ccncn2)c1. The van der Waals surface area contributed by atoms with Crippen molar-refractivity contribution < 1.29 is 0 Å². The second-order valence-electron chi connectivity index (χ2n) is 7.59. The first-order valence-electron chi connectivity index (χ1n) is 10.7. The number of aromatic nitrogens is 11. The zero-order chi connectivity index (χ0) is 24.5. The van der Waals surface area contributed by atoms with Gasteiger partial charge in [-0.3, -0.25) is 4.98 Å². The number of nitrogens with zero attached hydrogens (tertiary/aromatic N) is 12. The van der Waals surface area contributed by atoms with Gasteiger partial charge in [-0.2, -0.15) is 4.52 Å². The van der Waals surface area contributed by atoms with Crippen molar-refractivity contribution >= 4 is 17.3 Å². The molecule has 6 rings (SSSR count). The topological polar surface area (TPSA) is 156 Å². The minimum absolute atomic E-state index is 0.131. The number of hydrogen-bond donors (Lipinski definition) is 1. The Kier molecular flexibility index (Phi) is 5.01. The smallest absolute Gasteiger partial charge is 0.223 e. The van der Waals surface area contributed by atoms with E-state index in [1.54, 1.807) is 41.3 Å². The van der Waals surface area contributed by atoms with Gasteiger partial charge in [-0.15, -0.1) is 10.2 Å². The van der Waals surface area contributed by atoms with Crippen LogP contribution in [0.1, 0.15) is 5.82 Å². The van der Waals surface area contributed by atoms with Crippen molar-refractivity contribution in [2.45, 2.75) is 6.54 Å². The summed E-state index contributed by atoms with van der Waals surface area (Å²) in [7, 11) is 0. The maximum absolute atomic E-state index is 7.38. The minimum Gasteiger partial charge on any atom is -0.368 e. The van der Waals surface area contributed by atoms with Crippen LogP contribution in [0, 0.1) is 6.57 Å². The Morgan fingerprint density at radius 1 is 0.972 bits per heavy atom. The average molecular weight is 473 g/mol. The van der Waals surface area contributed by atoms with Gasteiger partial charge in [-0.25, -0.2) is 29.5 Å². The molecule has 13 heteroatoms. The Morgan fingerprint density at radius 3 is 2.72 bits per heavy atom. The third kappa shape index (κ3) is 3.64. The van der Waals surface area contributed by atoms with Gasteiger partial charge in [0.1, 0.15) is 18.6 Å². The quantitative estimate of drug-likeness (QED) is 0.369. The highest BCUT2D eigenvalue weighted by molar-refractivity contribution is 5.89. The molecule has 0 unspecified atom stereocenters. The average Bonchev–Trinajstić information content (AvgIpc) is 3.57. The molecule has 13 nitrogen and oxygen atoms in total. The largest absolute Gasteiger partial charge is 0.368 e. The summed E-state index contributed by atoms with van der Waals surface area (Å²) in [4.78, 5) is 25.7. The highest BCUT2D eigenvalue weighted by atomic mass is 15.5. The predicted molar refractivity (Wildman–Crippen MR) is 128 cm³/mol. The lowest BCUT2D eigenvalue weighted by molar-refractivity contribution is 0.627. The Morgan fingerprint density at radius 2 is 1.92 bits per heavy atom. The molecule has 0 atom stereocenters. The molecule has 0 spiro atoms. The first kappa shape index (κ1) is 20.9. The molecule has 0 aliphatic carbocycles. The summed E-state index contributed by atoms with van der Waals surface area (Å²) in [5.74, 6) is 1.02. The first-order chi connectivity index (χ1) is 17.7. The molecular formula is C23H15N13. The van der Waals surface area contributed by atoms with Crippen molar-refractivity contribution in [2.75, 3.05) is 5.73 Å². The molecule has 0 aliphatic heterocycles. The molecule has 0 radical (unpaired) electrons. The number of fused-ring (bicyclic) bond motifs is 1. The molecule has 5 heterocycles. The van der Waals surface area contributed by atoms with Gasteiger partial charge in [-0.05, 0) is 40.3 Å². The number of benzene rings is 1. The van der Waals surface area contributed by atoms with Crippen molar-refractivity contribution in [3.8, 4) is 34.0 Å². The van der Waals surface area contributed by atoms with E-state index in [0.29, 0.717) is 51.2 Å². The lowest BCUT2D eigenvalue weighted by atomic mass is 10.0. The van der Waals surface area contributed by atoms with Gasteiger partial charge in [0, 0.05) is 12.4 Å². The van der Waals surface area contributed by atoms with Crippen LogP contribution >= 0.6 is 0 Å². The molecule has 1 aromatic carbocycles. The number of nitrogens with two attached hydrogens (primary N) is 1. The van der Waals surface area contributed by atoms with E-state index in [-0.39, 0.29) is 12.5 Å².